The van der Waals surface area contributed by atoms with Gasteiger partial charge < -0.3 is 9.30 Å². The molecule has 0 saturated carbocycles. The number of nitrogens with zero attached hydrogens (tertiary/aromatic N) is 3. The SMILES string of the molecule is CN1CC1C(=NCc1ccc(-n2c3c(c4cc(-c5cccc6c5OC5C=CC=CC65)ccc42)CCC=C3)cc1)c1ccccc1. The highest BCUT2D eigenvalue weighted by molar-refractivity contribution is 6.06. The zero-order chi connectivity index (χ0) is 29.9. The summed E-state index contributed by atoms with van der Waals surface area (Å²) in [5.41, 5.74) is 12.5. The number of para-hydroxylation sites is 1. The van der Waals surface area contributed by atoms with Gasteiger partial charge in [-0.3, -0.25) is 9.89 Å². The number of aromatic nitrogens is 1. The minimum absolute atomic E-state index is 0.0856. The maximum Gasteiger partial charge on any atom is 0.132 e. The molecule has 2 aliphatic carbocycles. The molecule has 4 aliphatic rings. The van der Waals surface area contributed by atoms with Crippen molar-refractivity contribution in [3.63, 3.8) is 0 Å². The molecule has 45 heavy (non-hydrogen) atoms. The Bertz CT molecular complexity index is 2060. The number of aliphatic imine (C=N–C) groups is 1. The highest BCUT2D eigenvalue weighted by Crippen LogP contribution is 2.47. The number of likely N-dealkylation sites (N-methyl/N-ethyl adjacent to an activating group) is 1. The molecule has 5 aromatic rings. The van der Waals surface area contributed by atoms with Gasteiger partial charge in [0.25, 0.3) is 0 Å². The third-order valence-corrected chi connectivity index (χ3v) is 9.87. The summed E-state index contributed by atoms with van der Waals surface area (Å²) in [7, 11) is 2.17. The van der Waals surface area contributed by atoms with Gasteiger partial charge in [0.2, 0.25) is 0 Å². The van der Waals surface area contributed by atoms with Crippen molar-refractivity contribution in [2.24, 2.45) is 4.99 Å². The van der Waals surface area contributed by atoms with Gasteiger partial charge in [-0.25, -0.2) is 0 Å². The number of fused-ring (bicyclic) bond motifs is 6. The second-order valence-corrected chi connectivity index (χ2v) is 12.7. The van der Waals surface area contributed by atoms with Crippen molar-refractivity contribution in [3.05, 3.63) is 149 Å². The second kappa shape index (κ2) is 10.6. The Morgan fingerprint density at radius 1 is 0.911 bits per heavy atom. The first kappa shape index (κ1) is 26.5. The van der Waals surface area contributed by atoms with Crippen molar-refractivity contribution in [2.75, 3.05) is 13.6 Å². The lowest BCUT2D eigenvalue weighted by atomic mass is 9.90. The van der Waals surface area contributed by atoms with Crippen molar-refractivity contribution in [2.45, 2.75) is 37.5 Å². The van der Waals surface area contributed by atoms with Gasteiger partial charge in [0.1, 0.15) is 11.9 Å². The Hall–Kier alpha value is -4.93. The summed E-state index contributed by atoms with van der Waals surface area (Å²) in [6.07, 6.45) is 15.5. The standard InChI is InChI=1S/C41H35N3O/c1-43-26-38(43)40(28-10-3-2-4-11-28)42-25-27-18-21-30(22-19-27)44-36-16-7-5-12-32(36)35-24-29(20-23-37(35)44)31-14-9-15-34-33-13-6-8-17-39(33)45-41(31)34/h2-4,6-11,13-24,33,38-39H,5,12,25-26H2,1H3. The molecule has 0 bridgehead atoms. The molecule has 4 atom stereocenters. The van der Waals surface area contributed by atoms with Crippen LogP contribution in [-0.2, 0) is 13.0 Å². The molecule has 0 radical (unpaired) electrons. The van der Waals surface area contributed by atoms with E-state index >= 15 is 0 Å². The van der Waals surface area contributed by atoms with Gasteiger partial charge >= 0.3 is 0 Å². The molecule has 0 N–H and O–H groups in total. The third-order valence-electron chi connectivity index (χ3n) is 9.87. The maximum absolute atomic E-state index is 6.52. The molecule has 4 aromatic carbocycles. The molecule has 4 unspecified atom stereocenters. The maximum atomic E-state index is 6.52. The lowest BCUT2D eigenvalue weighted by Crippen LogP contribution is -2.15. The summed E-state index contributed by atoms with van der Waals surface area (Å²) >= 11 is 0. The summed E-state index contributed by atoms with van der Waals surface area (Å²) in [4.78, 5) is 7.46. The molecule has 0 spiro atoms. The summed E-state index contributed by atoms with van der Waals surface area (Å²) in [5.74, 6) is 1.32. The predicted molar refractivity (Wildman–Crippen MR) is 185 cm³/mol. The Kier molecular flexibility index (Phi) is 6.24. The minimum atomic E-state index is 0.0856. The average Bonchev–Trinajstić information content (AvgIpc) is 3.55. The van der Waals surface area contributed by atoms with Gasteiger partial charge in [-0.15, -0.1) is 0 Å². The van der Waals surface area contributed by atoms with E-state index < -0.39 is 0 Å². The highest BCUT2D eigenvalue weighted by Gasteiger charge is 2.35. The molecule has 2 aliphatic heterocycles. The van der Waals surface area contributed by atoms with E-state index in [1.54, 1.807) is 0 Å². The lowest BCUT2D eigenvalue weighted by molar-refractivity contribution is 0.270. The van der Waals surface area contributed by atoms with E-state index in [4.69, 9.17) is 9.73 Å². The number of benzene rings is 4. The fourth-order valence-corrected chi connectivity index (χ4v) is 7.42. The normalized spacial score (nSPS) is 22.6. The first-order valence-corrected chi connectivity index (χ1v) is 16.1. The molecule has 4 nitrogen and oxygen atoms in total. The zero-order valence-corrected chi connectivity index (χ0v) is 25.4. The smallest absolute Gasteiger partial charge is 0.132 e. The van der Waals surface area contributed by atoms with Crippen LogP contribution in [-0.4, -0.2) is 40.9 Å². The molecule has 0 amide bonds. The number of ether oxygens (including phenoxy) is 1. The summed E-state index contributed by atoms with van der Waals surface area (Å²) in [6, 6.07) is 33.6. The fraction of sp³-hybridized carbons (Fsp3) is 0.195. The van der Waals surface area contributed by atoms with Crippen LogP contribution in [0, 0.1) is 0 Å². The quantitative estimate of drug-likeness (QED) is 0.148. The van der Waals surface area contributed by atoms with Crippen LogP contribution in [0.2, 0.25) is 0 Å². The van der Waals surface area contributed by atoms with Crippen molar-refractivity contribution < 1.29 is 4.74 Å². The Morgan fingerprint density at radius 3 is 2.60 bits per heavy atom. The molecule has 1 saturated heterocycles. The molecule has 220 valence electrons. The first-order valence-electron chi connectivity index (χ1n) is 16.1. The Balaban J connectivity index is 1.07. The summed E-state index contributed by atoms with van der Waals surface area (Å²) < 4.78 is 8.95. The van der Waals surface area contributed by atoms with E-state index in [-0.39, 0.29) is 6.10 Å². The van der Waals surface area contributed by atoms with E-state index in [0.717, 1.165) is 25.1 Å². The molecular formula is C41H35N3O. The molecular weight excluding hydrogens is 550 g/mol. The van der Waals surface area contributed by atoms with E-state index in [9.17, 15) is 0 Å². The average molecular weight is 586 g/mol. The number of aryl methyl sites for hydroxylation is 1. The van der Waals surface area contributed by atoms with E-state index in [1.165, 1.54) is 61.4 Å². The molecule has 1 aromatic heterocycles. The van der Waals surface area contributed by atoms with Crippen molar-refractivity contribution in [1.82, 2.24) is 9.47 Å². The van der Waals surface area contributed by atoms with Crippen LogP contribution in [0.1, 0.15) is 40.3 Å². The van der Waals surface area contributed by atoms with Crippen LogP contribution in [0.5, 0.6) is 5.75 Å². The number of rotatable bonds is 6. The number of allylic oxidation sites excluding steroid dienone is 3. The Morgan fingerprint density at radius 2 is 1.76 bits per heavy atom. The van der Waals surface area contributed by atoms with Gasteiger partial charge in [0.15, 0.2) is 0 Å². The largest absolute Gasteiger partial charge is 0.484 e. The van der Waals surface area contributed by atoms with Crippen LogP contribution in [0.25, 0.3) is 33.8 Å². The van der Waals surface area contributed by atoms with E-state index in [0.29, 0.717) is 18.5 Å². The number of hydrogen-bond donors (Lipinski definition) is 0. The van der Waals surface area contributed by atoms with Crippen molar-refractivity contribution >= 4 is 22.7 Å². The lowest BCUT2D eigenvalue weighted by Gasteiger charge is -2.14. The molecule has 9 rings (SSSR count). The van der Waals surface area contributed by atoms with E-state index in [2.05, 4.69) is 144 Å². The van der Waals surface area contributed by atoms with E-state index in [1.807, 2.05) is 0 Å². The first-order chi connectivity index (χ1) is 22.2. The van der Waals surface area contributed by atoms with Gasteiger partial charge in [0, 0.05) is 40.4 Å². The molecule has 4 heteroatoms. The number of hydrogen-bond acceptors (Lipinski definition) is 3. The second-order valence-electron chi connectivity index (χ2n) is 12.7. The van der Waals surface area contributed by atoms with Crippen LogP contribution in [0.15, 0.2) is 126 Å². The topological polar surface area (TPSA) is 29.5 Å². The van der Waals surface area contributed by atoms with Crippen molar-refractivity contribution in [3.8, 4) is 22.6 Å². The highest BCUT2D eigenvalue weighted by atomic mass is 16.5. The van der Waals surface area contributed by atoms with Crippen LogP contribution in [0.3, 0.4) is 0 Å². The monoisotopic (exact) mass is 585 g/mol. The van der Waals surface area contributed by atoms with Crippen LogP contribution >= 0.6 is 0 Å². The fourth-order valence-electron chi connectivity index (χ4n) is 7.42. The Labute approximate surface area is 264 Å². The van der Waals surface area contributed by atoms with Crippen LogP contribution < -0.4 is 4.74 Å². The molecule has 3 heterocycles. The van der Waals surface area contributed by atoms with Crippen LogP contribution in [0.4, 0.5) is 0 Å². The summed E-state index contributed by atoms with van der Waals surface area (Å²) in [5, 5.41) is 1.33. The third kappa shape index (κ3) is 4.51. The molecule has 1 fully saturated rings. The zero-order valence-electron chi connectivity index (χ0n) is 25.4. The predicted octanol–water partition coefficient (Wildman–Crippen LogP) is 8.53. The van der Waals surface area contributed by atoms with Gasteiger partial charge in [0.05, 0.1) is 23.8 Å². The van der Waals surface area contributed by atoms with Crippen molar-refractivity contribution in [1.29, 1.82) is 0 Å². The summed E-state index contributed by atoms with van der Waals surface area (Å²) in [6.45, 7) is 1.75. The van der Waals surface area contributed by atoms with Gasteiger partial charge in [-0.05, 0) is 78.6 Å². The van der Waals surface area contributed by atoms with Gasteiger partial charge in [-0.2, -0.15) is 0 Å². The minimum Gasteiger partial charge on any atom is -0.484 e. The van der Waals surface area contributed by atoms with Gasteiger partial charge in [-0.1, -0.05) is 91.0 Å².